The summed E-state index contributed by atoms with van der Waals surface area (Å²) in [6.45, 7) is 0. The average Bonchev–Trinajstić information content (AvgIpc) is 3.00. The van der Waals surface area contributed by atoms with Crippen LogP contribution in [0.15, 0.2) is 59.5 Å². The Morgan fingerprint density at radius 2 is 1.77 bits per heavy atom. The zero-order chi connectivity index (χ0) is 21.9. The summed E-state index contributed by atoms with van der Waals surface area (Å²) in [5.74, 6) is -1.60. The normalized spacial score (nSPS) is 17.0. The van der Waals surface area contributed by atoms with E-state index in [2.05, 4.69) is 4.72 Å². The number of nitrogens with zero attached hydrogens (tertiary/aromatic N) is 1. The van der Waals surface area contributed by atoms with E-state index in [1.165, 1.54) is 24.3 Å². The third-order valence-electron chi connectivity index (χ3n) is 4.53. The molecule has 1 N–H and O–H groups in total. The molecule has 30 heavy (non-hydrogen) atoms. The minimum absolute atomic E-state index is 0.0604. The van der Waals surface area contributed by atoms with Crippen LogP contribution in [0.1, 0.15) is 12.0 Å². The lowest BCUT2D eigenvalue weighted by Crippen LogP contribution is -2.43. The van der Waals surface area contributed by atoms with Crippen molar-refractivity contribution in [3.05, 3.63) is 60.2 Å². The number of amides is 1. The molecular weight excluding hydrogens is 432 g/mol. The Hall–Kier alpha value is -2.76. The molecule has 9 nitrogen and oxygen atoms in total. The number of methoxy groups -OCH3 is 1. The summed E-state index contributed by atoms with van der Waals surface area (Å²) in [5.41, 5.74) is 0.800. The molecule has 160 valence electrons. The molecule has 0 radical (unpaired) electrons. The molecule has 3 rings (SSSR count). The number of rotatable bonds is 7. The van der Waals surface area contributed by atoms with Crippen LogP contribution in [0.2, 0.25) is 0 Å². The molecule has 2 aromatic rings. The molecule has 1 fully saturated rings. The first kappa shape index (κ1) is 21.9. The fraction of sp³-hybridized carbons (Fsp3) is 0.263. The van der Waals surface area contributed by atoms with Gasteiger partial charge in [0.2, 0.25) is 26.0 Å². The van der Waals surface area contributed by atoms with Gasteiger partial charge in [-0.1, -0.05) is 30.3 Å². The van der Waals surface area contributed by atoms with E-state index < -0.39 is 38.0 Å². The highest BCUT2D eigenvalue weighted by molar-refractivity contribution is 7.94. The molecule has 1 heterocycles. The highest BCUT2D eigenvalue weighted by Gasteiger charge is 2.36. The maximum atomic E-state index is 12.8. The largest absolute Gasteiger partial charge is 0.468 e. The van der Waals surface area contributed by atoms with Gasteiger partial charge in [-0.2, -0.15) is 4.72 Å². The summed E-state index contributed by atoms with van der Waals surface area (Å²) < 4.78 is 57.2. The second kappa shape index (κ2) is 8.54. The number of anilines is 1. The van der Waals surface area contributed by atoms with Crippen molar-refractivity contribution in [3.63, 3.8) is 0 Å². The zero-order valence-electron chi connectivity index (χ0n) is 16.0. The molecule has 1 aliphatic heterocycles. The Kier molecular flexibility index (Phi) is 6.25. The van der Waals surface area contributed by atoms with Crippen LogP contribution in [0.4, 0.5) is 5.69 Å². The minimum Gasteiger partial charge on any atom is -0.468 e. The van der Waals surface area contributed by atoms with Crippen LogP contribution in [0.25, 0.3) is 0 Å². The number of benzene rings is 2. The fourth-order valence-electron chi connectivity index (χ4n) is 3.05. The number of carbonyl (C=O) groups is 2. The molecule has 0 spiro atoms. The van der Waals surface area contributed by atoms with Crippen molar-refractivity contribution in [2.45, 2.75) is 23.8 Å². The van der Waals surface area contributed by atoms with Crippen LogP contribution in [0.3, 0.4) is 0 Å². The molecule has 0 saturated carbocycles. The van der Waals surface area contributed by atoms with Gasteiger partial charge < -0.3 is 4.74 Å². The van der Waals surface area contributed by atoms with Gasteiger partial charge in [0.15, 0.2) is 0 Å². The van der Waals surface area contributed by atoms with Crippen LogP contribution >= 0.6 is 0 Å². The first-order valence-electron chi connectivity index (χ1n) is 8.94. The number of hydrogen-bond donors (Lipinski definition) is 1. The Morgan fingerprint density at radius 1 is 1.13 bits per heavy atom. The predicted molar refractivity (Wildman–Crippen MR) is 109 cm³/mol. The fourth-order valence-corrected chi connectivity index (χ4v) is 5.69. The third-order valence-corrected chi connectivity index (χ3v) is 7.70. The first-order valence-corrected chi connectivity index (χ1v) is 12.0. The molecule has 0 aliphatic carbocycles. The van der Waals surface area contributed by atoms with Gasteiger partial charge in [0.1, 0.15) is 6.04 Å². The van der Waals surface area contributed by atoms with Crippen molar-refractivity contribution in [2.75, 3.05) is 17.2 Å². The van der Waals surface area contributed by atoms with Crippen molar-refractivity contribution < 1.29 is 31.2 Å². The minimum atomic E-state index is -4.12. The summed E-state index contributed by atoms with van der Waals surface area (Å²) in [4.78, 5) is 23.8. The first-order chi connectivity index (χ1) is 14.1. The molecule has 0 unspecified atom stereocenters. The topological polar surface area (TPSA) is 127 Å². The lowest BCUT2D eigenvalue weighted by Gasteiger charge is -2.18. The van der Waals surface area contributed by atoms with Gasteiger partial charge >= 0.3 is 5.97 Å². The van der Waals surface area contributed by atoms with Crippen LogP contribution in [-0.4, -0.2) is 47.6 Å². The Bertz CT molecular complexity index is 1150. The van der Waals surface area contributed by atoms with Crippen molar-refractivity contribution in [1.82, 2.24) is 4.72 Å². The summed E-state index contributed by atoms with van der Waals surface area (Å²) in [6, 6.07) is 12.5. The lowest BCUT2D eigenvalue weighted by atomic mass is 10.1. The zero-order valence-corrected chi connectivity index (χ0v) is 17.6. The molecule has 1 amide bonds. The van der Waals surface area contributed by atoms with Crippen LogP contribution in [0, 0.1) is 0 Å². The van der Waals surface area contributed by atoms with Gasteiger partial charge in [0.25, 0.3) is 0 Å². The van der Waals surface area contributed by atoms with E-state index in [9.17, 15) is 26.4 Å². The summed E-state index contributed by atoms with van der Waals surface area (Å²) in [5, 5.41) is 0. The SMILES string of the molecule is COC(=O)[C@@H](Cc1ccccc1)NS(=O)(=O)c1ccc(N2C(=O)CCS2(=O)=O)cc1. The van der Waals surface area contributed by atoms with Crippen LogP contribution < -0.4 is 9.03 Å². The summed E-state index contributed by atoms with van der Waals surface area (Å²) in [7, 11) is -6.71. The number of hydrogen-bond acceptors (Lipinski definition) is 7. The van der Waals surface area contributed by atoms with Gasteiger partial charge in [0.05, 0.1) is 23.4 Å². The van der Waals surface area contributed by atoms with E-state index in [0.29, 0.717) is 4.31 Å². The quantitative estimate of drug-likeness (QED) is 0.616. The molecule has 0 bridgehead atoms. The molecule has 1 saturated heterocycles. The standard InChI is InChI=1S/C19H20N2O7S2/c1-28-19(23)17(13-14-5-3-2-4-6-14)20-30(26,27)16-9-7-15(8-10-16)21-18(22)11-12-29(21,24)25/h2-10,17,20H,11-13H2,1H3/t17-/m1/s1. The van der Waals surface area contributed by atoms with E-state index in [0.717, 1.165) is 12.7 Å². The van der Waals surface area contributed by atoms with E-state index in [1.807, 2.05) is 0 Å². The molecule has 0 aromatic heterocycles. The number of ether oxygens (including phenoxy) is 1. The Morgan fingerprint density at radius 3 is 2.30 bits per heavy atom. The predicted octanol–water partition coefficient (Wildman–Crippen LogP) is 0.816. The smallest absolute Gasteiger partial charge is 0.324 e. The van der Waals surface area contributed by atoms with Gasteiger partial charge in [-0.15, -0.1) is 0 Å². The number of carbonyl (C=O) groups excluding carboxylic acids is 2. The number of nitrogens with one attached hydrogen (secondary N) is 1. The Balaban J connectivity index is 1.83. The van der Waals surface area contributed by atoms with E-state index >= 15 is 0 Å². The number of sulfonamides is 2. The van der Waals surface area contributed by atoms with Gasteiger partial charge in [-0.05, 0) is 36.2 Å². The van der Waals surface area contributed by atoms with Gasteiger partial charge in [0, 0.05) is 6.42 Å². The van der Waals surface area contributed by atoms with Crippen molar-refractivity contribution >= 4 is 37.6 Å². The lowest BCUT2D eigenvalue weighted by molar-refractivity contribution is -0.142. The highest BCUT2D eigenvalue weighted by atomic mass is 32.2. The van der Waals surface area contributed by atoms with Crippen molar-refractivity contribution in [3.8, 4) is 0 Å². The number of esters is 1. The van der Waals surface area contributed by atoms with Crippen LogP contribution in [0.5, 0.6) is 0 Å². The van der Waals surface area contributed by atoms with E-state index in [4.69, 9.17) is 4.74 Å². The third kappa shape index (κ3) is 4.69. The van der Waals surface area contributed by atoms with Crippen molar-refractivity contribution in [2.24, 2.45) is 0 Å². The van der Waals surface area contributed by atoms with Gasteiger partial charge in [-0.3, -0.25) is 9.59 Å². The maximum Gasteiger partial charge on any atom is 0.324 e. The molecule has 1 atom stereocenters. The molecule has 11 heteroatoms. The second-order valence-electron chi connectivity index (χ2n) is 6.60. The molecule has 1 aliphatic rings. The second-order valence-corrected chi connectivity index (χ2v) is 10.3. The van der Waals surface area contributed by atoms with Gasteiger partial charge in [-0.25, -0.2) is 21.1 Å². The monoisotopic (exact) mass is 452 g/mol. The van der Waals surface area contributed by atoms with Crippen molar-refractivity contribution in [1.29, 1.82) is 0 Å². The average molecular weight is 453 g/mol. The van der Waals surface area contributed by atoms with Crippen LogP contribution in [-0.2, 0) is 40.8 Å². The maximum absolute atomic E-state index is 12.8. The molecular formula is C19H20N2O7S2. The molecule has 2 aromatic carbocycles. The van der Waals surface area contributed by atoms with E-state index in [1.54, 1.807) is 30.3 Å². The summed E-state index contributed by atoms with van der Waals surface area (Å²) >= 11 is 0. The highest BCUT2D eigenvalue weighted by Crippen LogP contribution is 2.26. The summed E-state index contributed by atoms with van der Waals surface area (Å²) in [6.07, 6.45) is -0.0322. The Labute approximate surface area is 174 Å². The van der Waals surface area contributed by atoms with E-state index in [-0.39, 0.29) is 29.2 Å².